The third-order valence-electron chi connectivity index (χ3n) is 2.88. The molecule has 2 atom stereocenters. The number of benzene rings is 1. The molecule has 0 fully saturated rings. The van der Waals surface area contributed by atoms with E-state index in [4.69, 9.17) is 14.9 Å². The average Bonchev–Trinajstić information content (AvgIpc) is 2.43. The number of hydrogen-bond donors (Lipinski definition) is 4. The molecule has 1 aromatic rings. The summed E-state index contributed by atoms with van der Waals surface area (Å²) in [4.78, 5) is 31.5. The number of para-hydroxylation sites is 1. The minimum atomic E-state index is -4.03. The van der Waals surface area contributed by atoms with Gasteiger partial charge in [-0.1, -0.05) is 18.2 Å². The van der Waals surface area contributed by atoms with Crippen LogP contribution in [-0.2, 0) is 20.3 Å². The molecule has 0 saturated carbocycles. The Morgan fingerprint density at radius 1 is 1.32 bits per heavy atom. The van der Waals surface area contributed by atoms with Crippen LogP contribution in [0.2, 0.25) is 0 Å². The normalized spacial score (nSPS) is 14.8. The van der Waals surface area contributed by atoms with E-state index in [0.29, 0.717) is 11.3 Å². The topological polar surface area (TPSA) is 133 Å². The van der Waals surface area contributed by atoms with Crippen molar-refractivity contribution < 1.29 is 34.0 Å². The molecular weight excluding hydrogens is 313 g/mol. The number of rotatable bonds is 9. The zero-order valence-electron chi connectivity index (χ0n) is 11.9. The first-order chi connectivity index (χ1) is 10.2. The van der Waals surface area contributed by atoms with Gasteiger partial charge < -0.3 is 19.8 Å². The molecule has 0 aromatic heterocycles. The predicted octanol–water partition coefficient (Wildman–Crippen LogP) is 1.29. The van der Waals surface area contributed by atoms with Crippen LogP contribution >= 0.6 is 7.52 Å². The first-order valence-corrected chi connectivity index (χ1v) is 8.26. The monoisotopic (exact) mass is 331 g/mol. The zero-order valence-corrected chi connectivity index (χ0v) is 12.8. The van der Waals surface area contributed by atoms with Crippen molar-refractivity contribution in [3.8, 4) is 5.75 Å². The standard InChI is InChI=1S/C13H18NO7P/c1-21-11-5-3-2-4-9(11)8-22(19,20)14-10(13(17)18)6-7-12(15)16/h2-5,10H,6-8H2,1H3,(H,15,16)(H,17,18)(H2,14,19,20). The zero-order chi connectivity index (χ0) is 16.8. The highest BCUT2D eigenvalue weighted by Gasteiger charge is 2.29. The van der Waals surface area contributed by atoms with Crippen molar-refractivity contribution in [3.05, 3.63) is 29.8 Å². The van der Waals surface area contributed by atoms with Gasteiger partial charge in [0.25, 0.3) is 7.52 Å². The van der Waals surface area contributed by atoms with Crippen LogP contribution in [0.25, 0.3) is 0 Å². The molecule has 0 aliphatic heterocycles. The summed E-state index contributed by atoms with van der Waals surface area (Å²) < 4.78 is 17.3. The molecule has 0 aliphatic rings. The lowest BCUT2D eigenvalue weighted by atomic mass is 10.2. The molecule has 0 aliphatic carbocycles. The summed E-state index contributed by atoms with van der Waals surface area (Å²) in [6.07, 6.45) is -1.03. The van der Waals surface area contributed by atoms with Gasteiger partial charge in [-0.15, -0.1) is 0 Å². The first-order valence-electron chi connectivity index (χ1n) is 6.41. The summed E-state index contributed by atoms with van der Waals surface area (Å²) in [6, 6.07) is 5.16. The van der Waals surface area contributed by atoms with E-state index in [2.05, 4.69) is 5.09 Å². The van der Waals surface area contributed by atoms with Crippen molar-refractivity contribution in [2.45, 2.75) is 25.0 Å². The van der Waals surface area contributed by atoms with E-state index in [1.807, 2.05) is 0 Å². The number of nitrogens with one attached hydrogen (secondary N) is 1. The average molecular weight is 331 g/mol. The Morgan fingerprint density at radius 3 is 2.50 bits per heavy atom. The van der Waals surface area contributed by atoms with Crippen molar-refractivity contribution in [1.29, 1.82) is 0 Å². The van der Waals surface area contributed by atoms with Crippen molar-refractivity contribution in [2.24, 2.45) is 0 Å². The molecule has 22 heavy (non-hydrogen) atoms. The van der Waals surface area contributed by atoms with Crippen LogP contribution in [0.4, 0.5) is 0 Å². The van der Waals surface area contributed by atoms with E-state index in [1.54, 1.807) is 24.3 Å². The SMILES string of the molecule is COc1ccccc1CP(=O)(O)NC(CCC(=O)O)C(=O)O. The number of aliphatic carboxylic acids is 2. The third-order valence-corrected chi connectivity index (χ3v) is 4.36. The Kier molecular flexibility index (Phi) is 6.55. The summed E-state index contributed by atoms with van der Waals surface area (Å²) >= 11 is 0. The number of carbonyl (C=O) groups is 2. The van der Waals surface area contributed by atoms with Gasteiger partial charge >= 0.3 is 11.9 Å². The number of carboxylic acids is 2. The lowest BCUT2D eigenvalue weighted by Crippen LogP contribution is -2.35. The third kappa shape index (κ3) is 5.85. The second-order valence-electron chi connectivity index (χ2n) is 4.62. The molecule has 0 spiro atoms. The largest absolute Gasteiger partial charge is 0.496 e. The van der Waals surface area contributed by atoms with Crippen molar-refractivity contribution in [3.63, 3.8) is 0 Å². The van der Waals surface area contributed by atoms with Crippen LogP contribution in [0, 0.1) is 0 Å². The molecule has 9 heteroatoms. The molecule has 0 amide bonds. The second kappa shape index (κ2) is 7.93. The molecule has 0 radical (unpaired) electrons. The van der Waals surface area contributed by atoms with Gasteiger partial charge in [0.1, 0.15) is 11.8 Å². The Labute approximate surface area is 127 Å². The Hall–Kier alpha value is -1.89. The highest BCUT2D eigenvalue weighted by Crippen LogP contribution is 2.42. The molecular formula is C13H18NO7P. The quantitative estimate of drug-likeness (QED) is 0.497. The maximum atomic E-state index is 12.2. The lowest BCUT2D eigenvalue weighted by molar-refractivity contribution is -0.140. The van der Waals surface area contributed by atoms with Gasteiger partial charge in [-0.25, -0.2) is 5.09 Å². The summed E-state index contributed by atoms with van der Waals surface area (Å²) in [5.74, 6) is -2.14. The lowest BCUT2D eigenvalue weighted by Gasteiger charge is -2.19. The number of ether oxygens (including phenoxy) is 1. The van der Waals surface area contributed by atoms with Crippen molar-refractivity contribution in [2.75, 3.05) is 7.11 Å². The molecule has 0 heterocycles. The molecule has 2 unspecified atom stereocenters. The number of carboxylic acid groups (broad SMARTS) is 2. The maximum absolute atomic E-state index is 12.2. The van der Waals surface area contributed by atoms with Crippen LogP contribution in [0.1, 0.15) is 18.4 Å². The molecule has 1 aromatic carbocycles. The maximum Gasteiger partial charge on any atom is 0.321 e. The van der Waals surface area contributed by atoms with Crippen molar-refractivity contribution >= 4 is 19.5 Å². The smallest absolute Gasteiger partial charge is 0.321 e. The highest BCUT2D eigenvalue weighted by atomic mass is 31.2. The van der Waals surface area contributed by atoms with Gasteiger partial charge in [-0.2, -0.15) is 0 Å². The van der Waals surface area contributed by atoms with Gasteiger partial charge in [0.2, 0.25) is 0 Å². The molecule has 0 bridgehead atoms. The van der Waals surface area contributed by atoms with E-state index >= 15 is 0 Å². The summed E-state index contributed by atoms with van der Waals surface area (Å²) in [5.41, 5.74) is 0.450. The number of methoxy groups -OCH3 is 1. The molecule has 1 rings (SSSR count). The summed E-state index contributed by atoms with van der Waals surface area (Å²) in [5, 5.41) is 19.7. The molecule has 0 saturated heterocycles. The summed E-state index contributed by atoms with van der Waals surface area (Å²) in [7, 11) is -2.61. The first kappa shape index (κ1) is 18.2. The fourth-order valence-corrected chi connectivity index (χ4v) is 3.41. The Balaban J connectivity index is 2.81. The fraction of sp³-hybridized carbons (Fsp3) is 0.385. The van der Waals surface area contributed by atoms with E-state index < -0.39 is 31.9 Å². The fourth-order valence-electron chi connectivity index (χ4n) is 1.86. The van der Waals surface area contributed by atoms with E-state index in [9.17, 15) is 19.0 Å². The van der Waals surface area contributed by atoms with Gasteiger partial charge in [0.05, 0.1) is 13.3 Å². The van der Waals surface area contributed by atoms with Crippen LogP contribution in [-0.4, -0.2) is 40.2 Å². The summed E-state index contributed by atoms with van der Waals surface area (Å²) in [6.45, 7) is 0. The molecule has 122 valence electrons. The van der Waals surface area contributed by atoms with Gasteiger partial charge in [0.15, 0.2) is 0 Å². The van der Waals surface area contributed by atoms with Crippen LogP contribution in [0.15, 0.2) is 24.3 Å². The van der Waals surface area contributed by atoms with Gasteiger partial charge in [-0.3, -0.25) is 14.2 Å². The van der Waals surface area contributed by atoms with Crippen LogP contribution in [0.5, 0.6) is 5.75 Å². The van der Waals surface area contributed by atoms with Gasteiger partial charge in [-0.05, 0) is 12.5 Å². The highest BCUT2D eigenvalue weighted by molar-refractivity contribution is 7.55. The second-order valence-corrected chi connectivity index (χ2v) is 6.60. The predicted molar refractivity (Wildman–Crippen MR) is 78.0 cm³/mol. The Morgan fingerprint density at radius 2 is 1.95 bits per heavy atom. The van der Waals surface area contributed by atoms with E-state index in [0.717, 1.165) is 0 Å². The van der Waals surface area contributed by atoms with Gasteiger partial charge in [0, 0.05) is 12.0 Å². The van der Waals surface area contributed by atoms with Crippen LogP contribution < -0.4 is 9.82 Å². The molecule has 8 nitrogen and oxygen atoms in total. The molecule has 4 N–H and O–H groups in total. The minimum Gasteiger partial charge on any atom is -0.496 e. The minimum absolute atomic E-state index is 0.291. The van der Waals surface area contributed by atoms with Crippen LogP contribution in [0.3, 0.4) is 0 Å². The van der Waals surface area contributed by atoms with E-state index in [1.165, 1.54) is 7.11 Å². The Bertz CT molecular complexity index is 590. The van der Waals surface area contributed by atoms with Crippen molar-refractivity contribution in [1.82, 2.24) is 5.09 Å². The van der Waals surface area contributed by atoms with E-state index in [-0.39, 0.29) is 12.6 Å². The number of hydrogen-bond acceptors (Lipinski definition) is 4.